The number of nitrogens with zero attached hydrogens (tertiary/aromatic N) is 3. The van der Waals surface area contributed by atoms with Gasteiger partial charge >= 0.3 is 0 Å². The Bertz CT molecular complexity index is 762. The van der Waals surface area contributed by atoms with Crippen LogP contribution in [0.15, 0.2) is 28.6 Å². The van der Waals surface area contributed by atoms with Crippen molar-refractivity contribution in [3.8, 4) is 0 Å². The summed E-state index contributed by atoms with van der Waals surface area (Å²) in [5.74, 6) is -0.0539. The highest BCUT2D eigenvalue weighted by Gasteiger charge is 2.28. The van der Waals surface area contributed by atoms with Gasteiger partial charge in [-0.15, -0.1) is 10.2 Å². The van der Waals surface area contributed by atoms with Gasteiger partial charge in [0, 0.05) is 19.1 Å². The monoisotopic (exact) mass is 422 g/mol. The summed E-state index contributed by atoms with van der Waals surface area (Å²) >= 11 is 2.91. The number of thioether (sulfide) groups is 1. The van der Waals surface area contributed by atoms with Crippen molar-refractivity contribution in [3.05, 3.63) is 35.6 Å². The second kappa shape index (κ2) is 10.2. The van der Waals surface area contributed by atoms with Crippen LogP contribution in [0.25, 0.3) is 0 Å². The van der Waals surface area contributed by atoms with E-state index in [9.17, 15) is 9.18 Å². The molecule has 152 valence electrons. The number of nitrogens with one attached hydrogen (secondary N) is 1. The lowest BCUT2D eigenvalue weighted by atomic mass is 9.94. The topological polar surface area (TPSA) is 58.1 Å². The highest BCUT2D eigenvalue weighted by atomic mass is 32.2. The Balaban J connectivity index is 1.52. The zero-order valence-corrected chi connectivity index (χ0v) is 18.0. The van der Waals surface area contributed by atoms with Crippen molar-refractivity contribution in [2.45, 2.75) is 68.1 Å². The predicted molar refractivity (Wildman–Crippen MR) is 113 cm³/mol. The second-order valence-corrected chi connectivity index (χ2v) is 9.59. The zero-order chi connectivity index (χ0) is 19.9. The molecular formula is C20H27FN4OS2. The van der Waals surface area contributed by atoms with Crippen molar-refractivity contribution in [2.24, 2.45) is 0 Å². The summed E-state index contributed by atoms with van der Waals surface area (Å²) in [4.78, 5) is 15.0. The lowest BCUT2D eigenvalue weighted by Crippen LogP contribution is -2.44. The number of amides is 1. The molecule has 1 unspecified atom stereocenters. The third kappa shape index (κ3) is 5.67. The molecule has 3 rings (SSSR count). The molecule has 28 heavy (non-hydrogen) atoms. The third-order valence-corrected chi connectivity index (χ3v) is 7.08. The molecule has 1 heterocycles. The molecule has 1 atom stereocenters. The minimum atomic E-state index is -0.244. The number of anilines is 1. The third-order valence-electron chi connectivity index (χ3n) is 5.03. The van der Waals surface area contributed by atoms with Gasteiger partial charge in [-0.3, -0.25) is 4.79 Å². The Morgan fingerprint density at radius 1 is 1.29 bits per heavy atom. The summed E-state index contributed by atoms with van der Waals surface area (Å²) in [5.41, 5.74) is 0.973. The average Bonchev–Trinajstić information content (AvgIpc) is 3.16. The molecule has 1 amide bonds. The molecule has 1 saturated carbocycles. The Hall–Kier alpha value is -1.67. The van der Waals surface area contributed by atoms with Crippen LogP contribution in [0.3, 0.4) is 0 Å². The van der Waals surface area contributed by atoms with Crippen molar-refractivity contribution in [1.29, 1.82) is 0 Å². The van der Waals surface area contributed by atoms with E-state index in [1.807, 2.05) is 11.8 Å². The molecular weight excluding hydrogens is 395 g/mol. The summed E-state index contributed by atoms with van der Waals surface area (Å²) in [6.45, 7) is 5.33. The van der Waals surface area contributed by atoms with Gasteiger partial charge in [-0.25, -0.2) is 4.39 Å². The van der Waals surface area contributed by atoms with E-state index in [1.165, 1.54) is 54.5 Å². The number of rotatable bonds is 8. The summed E-state index contributed by atoms with van der Waals surface area (Å²) in [6, 6.07) is 6.75. The van der Waals surface area contributed by atoms with Gasteiger partial charge in [-0.2, -0.15) is 0 Å². The van der Waals surface area contributed by atoms with Gasteiger partial charge in [0.1, 0.15) is 5.82 Å². The molecule has 1 aromatic carbocycles. The summed E-state index contributed by atoms with van der Waals surface area (Å²) in [6.07, 6.45) is 5.95. The zero-order valence-electron chi connectivity index (χ0n) is 16.4. The van der Waals surface area contributed by atoms with Gasteiger partial charge in [0.15, 0.2) is 4.34 Å². The van der Waals surface area contributed by atoms with Crippen molar-refractivity contribution in [2.75, 3.05) is 11.9 Å². The first-order chi connectivity index (χ1) is 13.6. The summed E-state index contributed by atoms with van der Waals surface area (Å²) in [5, 5.41) is 12.1. The predicted octanol–water partition coefficient (Wildman–Crippen LogP) is 4.95. The number of hydrogen-bond donors (Lipinski definition) is 1. The normalized spacial score (nSPS) is 16.0. The Morgan fingerprint density at radius 3 is 2.68 bits per heavy atom. The number of carbonyl (C=O) groups excluding carboxylic acids is 1. The fourth-order valence-electron chi connectivity index (χ4n) is 3.53. The van der Waals surface area contributed by atoms with Gasteiger partial charge in [0.2, 0.25) is 11.0 Å². The highest BCUT2D eigenvalue weighted by Crippen LogP contribution is 2.31. The lowest BCUT2D eigenvalue weighted by Gasteiger charge is -2.35. The lowest BCUT2D eigenvalue weighted by molar-refractivity contribution is -0.133. The van der Waals surface area contributed by atoms with Crippen molar-refractivity contribution in [3.63, 3.8) is 0 Å². The minimum absolute atomic E-state index is 0.181. The number of halogens is 1. The number of benzene rings is 1. The number of hydrogen-bond acceptors (Lipinski definition) is 6. The fourth-order valence-corrected chi connectivity index (χ4v) is 5.49. The van der Waals surface area contributed by atoms with Crippen LogP contribution in [0.2, 0.25) is 0 Å². The van der Waals surface area contributed by atoms with Crippen LogP contribution in [-0.2, 0) is 11.3 Å². The molecule has 1 aliphatic carbocycles. The van der Waals surface area contributed by atoms with Crippen molar-refractivity contribution >= 4 is 34.1 Å². The van der Waals surface area contributed by atoms with Crippen LogP contribution >= 0.6 is 23.1 Å². The van der Waals surface area contributed by atoms with E-state index >= 15 is 0 Å². The van der Waals surface area contributed by atoms with Crippen LogP contribution in [-0.4, -0.2) is 38.8 Å². The van der Waals surface area contributed by atoms with Crippen LogP contribution in [0.5, 0.6) is 0 Å². The van der Waals surface area contributed by atoms with E-state index in [4.69, 9.17) is 0 Å². The molecule has 1 aromatic heterocycles. The first kappa shape index (κ1) is 21.0. The average molecular weight is 423 g/mol. The molecule has 0 spiro atoms. The maximum atomic E-state index is 13.0. The van der Waals surface area contributed by atoms with Gasteiger partial charge in [0.25, 0.3) is 0 Å². The quantitative estimate of drug-likeness (QED) is 0.610. The SMILES string of the molecule is CCN(C(=O)C(C)Sc1nnc(NCc2ccc(F)cc2)s1)C1CCCCC1. The van der Waals surface area contributed by atoms with Gasteiger partial charge < -0.3 is 10.2 Å². The first-order valence-electron chi connectivity index (χ1n) is 9.85. The Morgan fingerprint density at radius 2 is 2.00 bits per heavy atom. The molecule has 0 saturated heterocycles. The maximum absolute atomic E-state index is 13.0. The van der Waals surface area contributed by atoms with Crippen molar-refractivity contribution in [1.82, 2.24) is 15.1 Å². The largest absolute Gasteiger partial charge is 0.356 e. The smallest absolute Gasteiger partial charge is 0.236 e. The van der Waals surface area contributed by atoms with Crippen LogP contribution < -0.4 is 5.32 Å². The molecule has 1 N–H and O–H groups in total. The second-order valence-electron chi connectivity index (χ2n) is 7.03. The van der Waals surface area contributed by atoms with E-state index in [0.717, 1.165) is 29.3 Å². The van der Waals surface area contributed by atoms with Gasteiger partial charge in [-0.1, -0.05) is 54.5 Å². The molecule has 1 fully saturated rings. The maximum Gasteiger partial charge on any atom is 0.236 e. The van der Waals surface area contributed by atoms with Gasteiger partial charge in [-0.05, 0) is 44.4 Å². The van der Waals surface area contributed by atoms with Crippen LogP contribution in [0.4, 0.5) is 9.52 Å². The highest BCUT2D eigenvalue weighted by molar-refractivity contribution is 8.02. The van der Waals surface area contributed by atoms with Crippen LogP contribution in [0, 0.1) is 5.82 Å². The number of carbonyl (C=O) groups is 1. The van der Waals surface area contributed by atoms with E-state index in [1.54, 1.807) is 12.1 Å². The molecule has 2 aromatic rings. The number of aromatic nitrogens is 2. The Kier molecular flexibility index (Phi) is 7.67. The fraction of sp³-hybridized carbons (Fsp3) is 0.550. The molecule has 5 nitrogen and oxygen atoms in total. The standard InChI is InChI=1S/C20H27FN4OS2/c1-3-25(17-7-5-4-6-8-17)18(26)14(2)27-20-24-23-19(28-20)22-13-15-9-11-16(21)12-10-15/h9-12,14,17H,3-8,13H2,1-2H3,(H,22,23). The molecule has 1 aliphatic rings. The van der Waals surface area contributed by atoms with E-state index in [0.29, 0.717) is 17.7 Å². The van der Waals surface area contributed by atoms with E-state index in [2.05, 4.69) is 22.4 Å². The molecule has 0 aliphatic heterocycles. The molecule has 0 bridgehead atoms. The van der Waals surface area contributed by atoms with Gasteiger partial charge in [0.05, 0.1) is 5.25 Å². The van der Waals surface area contributed by atoms with E-state index in [-0.39, 0.29) is 17.0 Å². The minimum Gasteiger partial charge on any atom is -0.356 e. The van der Waals surface area contributed by atoms with Crippen molar-refractivity contribution < 1.29 is 9.18 Å². The van der Waals surface area contributed by atoms with Crippen LogP contribution in [0.1, 0.15) is 51.5 Å². The Labute approximate surface area is 174 Å². The molecule has 0 radical (unpaired) electrons. The first-order valence-corrected chi connectivity index (χ1v) is 11.6. The summed E-state index contributed by atoms with van der Waals surface area (Å²) < 4.78 is 13.7. The molecule has 8 heteroatoms. The van der Waals surface area contributed by atoms with E-state index < -0.39 is 0 Å². The summed E-state index contributed by atoms with van der Waals surface area (Å²) in [7, 11) is 0.